The molecular formula is C11H15N3O3. The van der Waals surface area contributed by atoms with Crippen LogP contribution in [0.15, 0.2) is 21.3 Å². The molecule has 0 aliphatic rings. The summed E-state index contributed by atoms with van der Waals surface area (Å²) in [6.45, 7) is 2.27. The van der Waals surface area contributed by atoms with Gasteiger partial charge in [0.15, 0.2) is 0 Å². The molecule has 1 unspecified atom stereocenters. The maximum atomic E-state index is 5.53. The van der Waals surface area contributed by atoms with Gasteiger partial charge in [-0.05, 0) is 13.0 Å². The maximum absolute atomic E-state index is 5.53. The van der Waals surface area contributed by atoms with Crippen molar-refractivity contribution in [3.63, 3.8) is 0 Å². The molecule has 6 heteroatoms. The van der Waals surface area contributed by atoms with Crippen LogP contribution in [0.5, 0.6) is 0 Å². The number of nitrogens with two attached hydrogens (primary N) is 1. The van der Waals surface area contributed by atoms with Crippen LogP contribution in [0.25, 0.3) is 11.4 Å². The monoisotopic (exact) mass is 237 g/mol. The summed E-state index contributed by atoms with van der Waals surface area (Å²) in [5.41, 5.74) is 6.36. The van der Waals surface area contributed by atoms with E-state index in [0.29, 0.717) is 24.7 Å². The Balaban J connectivity index is 2.14. The van der Waals surface area contributed by atoms with Gasteiger partial charge in [0.05, 0.1) is 24.4 Å². The van der Waals surface area contributed by atoms with E-state index in [-0.39, 0.29) is 6.10 Å². The summed E-state index contributed by atoms with van der Waals surface area (Å²) in [5.74, 6) is 1.80. The first-order valence-corrected chi connectivity index (χ1v) is 5.34. The predicted octanol–water partition coefficient (Wildman–Crippen LogP) is 1.15. The van der Waals surface area contributed by atoms with E-state index in [1.165, 1.54) is 0 Å². The molecule has 2 heterocycles. The third-order valence-electron chi connectivity index (χ3n) is 2.57. The molecule has 1 atom stereocenters. The summed E-state index contributed by atoms with van der Waals surface area (Å²) in [5, 5.41) is 3.90. The lowest BCUT2D eigenvalue weighted by atomic mass is 10.2. The summed E-state index contributed by atoms with van der Waals surface area (Å²) < 4.78 is 15.5. The predicted molar refractivity (Wildman–Crippen MR) is 60.3 cm³/mol. The highest BCUT2D eigenvalue weighted by molar-refractivity contribution is 5.56. The van der Waals surface area contributed by atoms with Gasteiger partial charge in [-0.25, -0.2) is 0 Å². The van der Waals surface area contributed by atoms with Crippen molar-refractivity contribution >= 4 is 0 Å². The minimum atomic E-state index is -0.103. The molecule has 0 amide bonds. The van der Waals surface area contributed by atoms with Gasteiger partial charge >= 0.3 is 0 Å². The van der Waals surface area contributed by atoms with Crippen LogP contribution >= 0.6 is 0 Å². The Morgan fingerprint density at radius 1 is 1.53 bits per heavy atom. The molecule has 0 aromatic carbocycles. The van der Waals surface area contributed by atoms with E-state index in [2.05, 4.69) is 10.1 Å². The molecule has 2 aromatic heterocycles. The molecule has 0 aliphatic heterocycles. The van der Waals surface area contributed by atoms with Gasteiger partial charge in [0.25, 0.3) is 0 Å². The maximum Gasteiger partial charge on any atom is 0.229 e. The van der Waals surface area contributed by atoms with Crippen molar-refractivity contribution in [1.82, 2.24) is 10.1 Å². The van der Waals surface area contributed by atoms with E-state index in [0.717, 1.165) is 11.3 Å². The fourth-order valence-corrected chi connectivity index (χ4v) is 1.52. The fraction of sp³-hybridized carbons (Fsp3) is 0.455. The molecule has 2 rings (SSSR count). The van der Waals surface area contributed by atoms with Crippen LogP contribution in [0, 0.1) is 6.92 Å². The average Bonchev–Trinajstić information content (AvgIpc) is 2.94. The van der Waals surface area contributed by atoms with Gasteiger partial charge in [0.1, 0.15) is 5.76 Å². The molecule has 0 aliphatic carbocycles. The topological polar surface area (TPSA) is 87.3 Å². The van der Waals surface area contributed by atoms with Crippen LogP contribution in [0.2, 0.25) is 0 Å². The Morgan fingerprint density at radius 2 is 2.35 bits per heavy atom. The number of aromatic nitrogens is 2. The molecule has 17 heavy (non-hydrogen) atoms. The van der Waals surface area contributed by atoms with Crippen molar-refractivity contribution in [2.75, 3.05) is 13.7 Å². The number of furan rings is 1. The minimum Gasteiger partial charge on any atom is -0.469 e. The Morgan fingerprint density at radius 3 is 2.94 bits per heavy atom. The standard InChI is InChI=1S/C11H15N3O3/c1-7-9(3-4-16-7)11-13-10(17-14-11)5-8(6-12)15-2/h3-4,8H,5-6,12H2,1-2H3. The number of nitrogens with zero attached hydrogens (tertiary/aromatic N) is 2. The average molecular weight is 237 g/mol. The summed E-state index contributed by atoms with van der Waals surface area (Å²) >= 11 is 0. The van der Waals surface area contributed by atoms with Crippen molar-refractivity contribution in [1.29, 1.82) is 0 Å². The van der Waals surface area contributed by atoms with Crippen LogP contribution in [-0.4, -0.2) is 29.9 Å². The largest absolute Gasteiger partial charge is 0.469 e. The minimum absolute atomic E-state index is 0.103. The van der Waals surface area contributed by atoms with Gasteiger partial charge in [0.2, 0.25) is 11.7 Å². The smallest absolute Gasteiger partial charge is 0.229 e. The number of aryl methyl sites for hydroxylation is 1. The first kappa shape index (κ1) is 11.8. The van der Waals surface area contributed by atoms with Crippen LogP contribution < -0.4 is 5.73 Å². The second-order valence-corrected chi connectivity index (χ2v) is 3.70. The van der Waals surface area contributed by atoms with Crippen LogP contribution in [0.3, 0.4) is 0 Å². The number of hydrogen-bond donors (Lipinski definition) is 1. The van der Waals surface area contributed by atoms with Crippen molar-refractivity contribution < 1.29 is 13.7 Å². The third kappa shape index (κ3) is 2.54. The fourth-order valence-electron chi connectivity index (χ4n) is 1.52. The number of methoxy groups -OCH3 is 1. The summed E-state index contributed by atoms with van der Waals surface area (Å²) in [7, 11) is 1.61. The normalized spacial score (nSPS) is 12.9. The van der Waals surface area contributed by atoms with E-state index in [1.54, 1.807) is 19.4 Å². The van der Waals surface area contributed by atoms with E-state index in [1.807, 2.05) is 6.92 Å². The molecule has 0 radical (unpaired) electrons. The molecule has 2 aromatic rings. The molecule has 0 bridgehead atoms. The zero-order valence-corrected chi connectivity index (χ0v) is 9.84. The van der Waals surface area contributed by atoms with Gasteiger partial charge in [-0.2, -0.15) is 4.98 Å². The Hall–Kier alpha value is -1.66. The van der Waals surface area contributed by atoms with E-state index >= 15 is 0 Å². The van der Waals surface area contributed by atoms with Crippen LogP contribution in [0.1, 0.15) is 11.7 Å². The van der Waals surface area contributed by atoms with Gasteiger partial charge in [-0.1, -0.05) is 5.16 Å². The molecule has 2 N–H and O–H groups in total. The first-order valence-electron chi connectivity index (χ1n) is 5.34. The zero-order valence-electron chi connectivity index (χ0n) is 9.84. The summed E-state index contributed by atoms with van der Waals surface area (Å²) in [6.07, 6.45) is 2.00. The highest BCUT2D eigenvalue weighted by atomic mass is 16.5. The molecule has 0 saturated heterocycles. The van der Waals surface area contributed by atoms with E-state index in [4.69, 9.17) is 19.4 Å². The second kappa shape index (κ2) is 5.11. The summed E-state index contributed by atoms with van der Waals surface area (Å²) in [6, 6.07) is 1.81. The van der Waals surface area contributed by atoms with Crippen molar-refractivity contribution in [2.45, 2.75) is 19.4 Å². The lowest BCUT2D eigenvalue weighted by Gasteiger charge is -2.08. The lowest BCUT2D eigenvalue weighted by molar-refractivity contribution is 0.102. The molecular weight excluding hydrogens is 222 g/mol. The van der Waals surface area contributed by atoms with Crippen LogP contribution in [-0.2, 0) is 11.2 Å². The SMILES string of the molecule is COC(CN)Cc1nc(-c2ccoc2C)no1. The van der Waals surface area contributed by atoms with Crippen molar-refractivity contribution in [3.05, 3.63) is 24.0 Å². The molecule has 6 nitrogen and oxygen atoms in total. The number of ether oxygens (including phenoxy) is 1. The highest BCUT2D eigenvalue weighted by Crippen LogP contribution is 2.21. The number of rotatable bonds is 5. The zero-order chi connectivity index (χ0) is 12.3. The Bertz CT molecular complexity index is 474. The van der Waals surface area contributed by atoms with Gasteiger partial charge in [0, 0.05) is 13.7 Å². The molecule has 0 saturated carbocycles. The third-order valence-corrected chi connectivity index (χ3v) is 2.57. The van der Waals surface area contributed by atoms with Gasteiger partial charge in [-0.3, -0.25) is 0 Å². The Labute approximate surface area is 98.7 Å². The first-order chi connectivity index (χ1) is 8.24. The lowest BCUT2D eigenvalue weighted by Crippen LogP contribution is -2.24. The second-order valence-electron chi connectivity index (χ2n) is 3.70. The molecule has 92 valence electrons. The quantitative estimate of drug-likeness (QED) is 0.839. The molecule has 0 spiro atoms. The highest BCUT2D eigenvalue weighted by Gasteiger charge is 2.15. The van der Waals surface area contributed by atoms with Crippen molar-refractivity contribution in [3.8, 4) is 11.4 Å². The van der Waals surface area contributed by atoms with E-state index < -0.39 is 0 Å². The Kier molecular flexibility index (Phi) is 3.55. The van der Waals surface area contributed by atoms with Gasteiger partial charge in [-0.15, -0.1) is 0 Å². The number of hydrogen-bond acceptors (Lipinski definition) is 6. The van der Waals surface area contributed by atoms with E-state index in [9.17, 15) is 0 Å². The van der Waals surface area contributed by atoms with Gasteiger partial charge < -0.3 is 19.4 Å². The van der Waals surface area contributed by atoms with Crippen molar-refractivity contribution in [2.24, 2.45) is 5.73 Å². The summed E-state index contributed by atoms with van der Waals surface area (Å²) in [4.78, 5) is 4.28. The van der Waals surface area contributed by atoms with Crippen LogP contribution in [0.4, 0.5) is 0 Å². The molecule has 0 fully saturated rings.